The van der Waals surface area contributed by atoms with Crippen LogP contribution in [0.3, 0.4) is 0 Å². The summed E-state index contributed by atoms with van der Waals surface area (Å²) in [5.41, 5.74) is 0.958. The number of ether oxygens (including phenoxy) is 3. The van der Waals surface area contributed by atoms with Crippen molar-refractivity contribution >= 4 is 23.5 Å². The SMILES string of the molecule is O=C(OC(=O)C(F)(F)F)c1[nH]nnc1Oc1ccc(-c2ccc(Cl)cc2)c(OCC2CCCC2)c1. The van der Waals surface area contributed by atoms with Crippen LogP contribution in [0.15, 0.2) is 42.5 Å². The van der Waals surface area contributed by atoms with Crippen molar-refractivity contribution < 1.29 is 37.0 Å². The number of carbonyl (C=O) groups is 2. The van der Waals surface area contributed by atoms with E-state index in [0.717, 1.165) is 36.8 Å². The van der Waals surface area contributed by atoms with Crippen LogP contribution in [0.4, 0.5) is 13.2 Å². The van der Waals surface area contributed by atoms with Crippen molar-refractivity contribution in [3.8, 4) is 28.5 Å². The Kier molecular flexibility index (Phi) is 7.25. The lowest BCUT2D eigenvalue weighted by Gasteiger charge is -2.16. The van der Waals surface area contributed by atoms with Crippen LogP contribution in [0.1, 0.15) is 36.2 Å². The van der Waals surface area contributed by atoms with Gasteiger partial charge in [-0.3, -0.25) is 0 Å². The van der Waals surface area contributed by atoms with Crippen molar-refractivity contribution in [3.05, 3.63) is 53.2 Å². The zero-order valence-corrected chi connectivity index (χ0v) is 18.9. The number of aromatic amines is 1. The topological polar surface area (TPSA) is 103 Å². The Morgan fingerprint density at radius 2 is 1.80 bits per heavy atom. The molecule has 1 fully saturated rings. The molecule has 35 heavy (non-hydrogen) atoms. The number of carbonyl (C=O) groups excluding carboxylic acids is 2. The summed E-state index contributed by atoms with van der Waals surface area (Å²) in [4.78, 5) is 23.0. The fourth-order valence-electron chi connectivity index (χ4n) is 3.67. The first-order valence-electron chi connectivity index (χ1n) is 10.7. The van der Waals surface area contributed by atoms with E-state index >= 15 is 0 Å². The van der Waals surface area contributed by atoms with Gasteiger partial charge in [0.2, 0.25) is 5.69 Å². The summed E-state index contributed by atoms with van der Waals surface area (Å²) < 4.78 is 52.7. The number of nitrogens with one attached hydrogen (secondary N) is 1. The van der Waals surface area contributed by atoms with Crippen LogP contribution in [-0.4, -0.2) is 40.1 Å². The Hall–Kier alpha value is -3.60. The monoisotopic (exact) mass is 509 g/mol. The normalized spacial score (nSPS) is 14.1. The first kappa shape index (κ1) is 24.5. The summed E-state index contributed by atoms with van der Waals surface area (Å²) >= 11 is 6.00. The molecule has 0 saturated heterocycles. The Balaban J connectivity index is 1.57. The van der Waals surface area contributed by atoms with Crippen LogP contribution in [0.25, 0.3) is 11.1 Å². The molecule has 1 aliphatic rings. The van der Waals surface area contributed by atoms with Crippen LogP contribution >= 0.6 is 11.6 Å². The van der Waals surface area contributed by atoms with Gasteiger partial charge in [-0.05, 0) is 48.6 Å². The lowest BCUT2D eigenvalue weighted by molar-refractivity contribution is -0.193. The summed E-state index contributed by atoms with van der Waals surface area (Å²) in [6.07, 6.45) is -0.875. The van der Waals surface area contributed by atoms with Gasteiger partial charge in [0.05, 0.1) is 6.61 Å². The maximum absolute atomic E-state index is 12.4. The van der Waals surface area contributed by atoms with Gasteiger partial charge in [-0.2, -0.15) is 13.2 Å². The minimum Gasteiger partial charge on any atom is -0.493 e. The molecular formula is C23H19ClF3N3O5. The molecule has 1 N–H and O–H groups in total. The maximum atomic E-state index is 12.4. The zero-order valence-electron chi connectivity index (χ0n) is 18.1. The van der Waals surface area contributed by atoms with Crippen molar-refractivity contribution in [2.75, 3.05) is 6.61 Å². The number of esters is 2. The van der Waals surface area contributed by atoms with E-state index in [1.54, 1.807) is 30.3 Å². The number of aromatic nitrogens is 3. The Labute approximate surface area is 202 Å². The first-order valence-corrected chi connectivity index (χ1v) is 11.0. The summed E-state index contributed by atoms with van der Waals surface area (Å²) in [5.74, 6) is -3.67. The van der Waals surface area contributed by atoms with Gasteiger partial charge in [0, 0.05) is 16.7 Å². The van der Waals surface area contributed by atoms with Crippen LogP contribution in [0.5, 0.6) is 17.4 Å². The fourth-order valence-corrected chi connectivity index (χ4v) is 3.79. The van der Waals surface area contributed by atoms with E-state index in [-0.39, 0.29) is 5.75 Å². The molecule has 0 amide bonds. The average molecular weight is 510 g/mol. The smallest absolute Gasteiger partial charge is 0.491 e. The molecule has 3 aromatic rings. The van der Waals surface area contributed by atoms with Gasteiger partial charge in [-0.1, -0.05) is 46.9 Å². The molecule has 0 radical (unpaired) electrons. The fraction of sp³-hybridized carbons (Fsp3) is 0.304. The van der Waals surface area contributed by atoms with Crippen molar-refractivity contribution in [3.63, 3.8) is 0 Å². The third-order valence-corrected chi connectivity index (χ3v) is 5.66. The number of H-pyrrole nitrogens is 1. The highest BCUT2D eigenvalue weighted by Gasteiger charge is 2.43. The van der Waals surface area contributed by atoms with Crippen molar-refractivity contribution in [2.45, 2.75) is 31.9 Å². The van der Waals surface area contributed by atoms with Gasteiger partial charge in [-0.15, -0.1) is 0 Å². The second kappa shape index (κ2) is 10.3. The van der Waals surface area contributed by atoms with Crippen molar-refractivity contribution in [2.24, 2.45) is 5.92 Å². The molecule has 1 aliphatic carbocycles. The molecule has 4 rings (SSSR count). The van der Waals surface area contributed by atoms with E-state index in [9.17, 15) is 22.8 Å². The standard InChI is InChI=1S/C23H19ClF3N3O5/c24-15-7-5-14(6-8-15)17-10-9-16(11-18(17)33-12-13-3-1-2-4-13)34-20-19(28-30-29-20)21(31)35-22(32)23(25,26)27/h5-11,13H,1-4,12H2,(H,28,29,30). The average Bonchev–Trinajstić information content (AvgIpc) is 3.50. The predicted molar refractivity (Wildman–Crippen MR) is 117 cm³/mol. The summed E-state index contributed by atoms with van der Waals surface area (Å²) in [5, 5.41) is 9.57. The second-order valence-corrected chi connectivity index (χ2v) is 8.33. The minimum atomic E-state index is -5.34. The molecule has 1 aromatic heterocycles. The third-order valence-electron chi connectivity index (χ3n) is 5.41. The second-order valence-electron chi connectivity index (χ2n) is 7.90. The summed E-state index contributed by atoms with van der Waals surface area (Å²) in [6, 6.07) is 12.0. The van der Waals surface area contributed by atoms with Crippen LogP contribution < -0.4 is 9.47 Å². The van der Waals surface area contributed by atoms with E-state index < -0.39 is 29.7 Å². The Bertz CT molecular complexity index is 1210. The largest absolute Gasteiger partial charge is 0.493 e. The molecule has 0 bridgehead atoms. The number of halogens is 4. The predicted octanol–water partition coefficient (Wildman–Crippen LogP) is 5.73. The Morgan fingerprint density at radius 1 is 1.09 bits per heavy atom. The van der Waals surface area contributed by atoms with Gasteiger partial charge in [0.15, 0.2) is 0 Å². The lowest BCUT2D eigenvalue weighted by Crippen LogP contribution is -2.28. The van der Waals surface area contributed by atoms with Gasteiger partial charge in [0.25, 0.3) is 5.88 Å². The number of benzene rings is 2. The van der Waals surface area contributed by atoms with Gasteiger partial charge < -0.3 is 14.2 Å². The molecule has 184 valence electrons. The van der Waals surface area contributed by atoms with Gasteiger partial charge in [0.1, 0.15) is 11.5 Å². The molecule has 12 heteroatoms. The molecular weight excluding hydrogens is 491 g/mol. The highest BCUT2D eigenvalue weighted by atomic mass is 35.5. The number of alkyl halides is 3. The van der Waals surface area contributed by atoms with Crippen LogP contribution in [0.2, 0.25) is 5.02 Å². The molecule has 0 atom stereocenters. The van der Waals surface area contributed by atoms with Crippen LogP contribution in [-0.2, 0) is 9.53 Å². The van der Waals surface area contributed by atoms with E-state index in [0.29, 0.717) is 23.3 Å². The molecule has 0 unspecified atom stereocenters. The Morgan fingerprint density at radius 3 is 2.49 bits per heavy atom. The molecule has 8 nitrogen and oxygen atoms in total. The molecule has 1 saturated carbocycles. The number of hydrogen-bond acceptors (Lipinski definition) is 7. The van der Waals surface area contributed by atoms with Gasteiger partial charge >= 0.3 is 18.1 Å². The zero-order chi connectivity index (χ0) is 25.0. The maximum Gasteiger partial charge on any atom is 0.491 e. The molecule has 2 aromatic carbocycles. The lowest BCUT2D eigenvalue weighted by atomic mass is 10.0. The highest BCUT2D eigenvalue weighted by molar-refractivity contribution is 6.30. The van der Waals surface area contributed by atoms with Crippen molar-refractivity contribution in [1.82, 2.24) is 15.4 Å². The molecule has 1 heterocycles. The van der Waals surface area contributed by atoms with E-state index in [1.165, 1.54) is 0 Å². The quantitative estimate of drug-likeness (QED) is 0.320. The number of nitrogens with zero attached hydrogens (tertiary/aromatic N) is 2. The summed E-state index contributed by atoms with van der Waals surface area (Å²) in [7, 11) is 0. The molecule has 0 aliphatic heterocycles. The van der Waals surface area contributed by atoms with Crippen LogP contribution in [0, 0.1) is 5.92 Å². The summed E-state index contributed by atoms with van der Waals surface area (Å²) in [6.45, 7) is 0.505. The van der Waals surface area contributed by atoms with Crippen molar-refractivity contribution in [1.29, 1.82) is 0 Å². The third kappa shape index (κ3) is 6.10. The van der Waals surface area contributed by atoms with E-state index in [4.69, 9.17) is 21.1 Å². The van der Waals surface area contributed by atoms with E-state index in [1.807, 2.05) is 12.1 Å². The highest BCUT2D eigenvalue weighted by Crippen LogP contribution is 2.37. The number of hydrogen-bond donors (Lipinski definition) is 1. The van der Waals surface area contributed by atoms with E-state index in [2.05, 4.69) is 20.1 Å². The number of rotatable bonds is 7. The first-order chi connectivity index (χ1) is 16.7. The molecule has 0 spiro atoms. The minimum absolute atomic E-state index is 0.175. The van der Waals surface area contributed by atoms with Gasteiger partial charge in [-0.25, -0.2) is 14.7 Å².